The van der Waals surface area contributed by atoms with Gasteiger partial charge in [-0.2, -0.15) is 13.2 Å². The van der Waals surface area contributed by atoms with Crippen LogP contribution in [0, 0.1) is 12.3 Å². The zero-order valence-corrected chi connectivity index (χ0v) is 9.43. The fourth-order valence-corrected chi connectivity index (χ4v) is 0.919. The second-order valence-electron chi connectivity index (χ2n) is 3.27. The van der Waals surface area contributed by atoms with Crippen LogP contribution in [0.4, 0.5) is 13.2 Å². The first kappa shape index (κ1) is 15.7. The van der Waals surface area contributed by atoms with E-state index in [1.165, 1.54) is 0 Å². The van der Waals surface area contributed by atoms with Crippen LogP contribution in [0.2, 0.25) is 0 Å². The summed E-state index contributed by atoms with van der Waals surface area (Å²) in [5.74, 6) is 1.93. The van der Waals surface area contributed by atoms with Gasteiger partial charge in [0.05, 0.1) is 19.2 Å². The molecule has 0 rings (SSSR count). The lowest BCUT2D eigenvalue weighted by molar-refractivity contribution is -0.173. The Hall–Kier alpha value is -1.26. The van der Waals surface area contributed by atoms with Crippen molar-refractivity contribution in [1.82, 2.24) is 10.6 Å². The average molecular weight is 252 g/mol. The zero-order chi connectivity index (χ0) is 13.3. The minimum atomic E-state index is -4.32. The third-order valence-corrected chi connectivity index (χ3v) is 1.72. The summed E-state index contributed by atoms with van der Waals surface area (Å²) >= 11 is 0. The van der Waals surface area contributed by atoms with Crippen LogP contribution in [0.3, 0.4) is 0 Å². The number of rotatable bonds is 7. The molecule has 17 heavy (non-hydrogen) atoms. The number of ether oxygens (including phenoxy) is 1. The Kier molecular flexibility index (Phi) is 7.34. The van der Waals surface area contributed by atoms with E-state index in [0.29, 0.717) is 0 Å². The molecule has 0 aromatic carbocycles. The molecule has 2 N–H and O–H groups in total. The fraction of sp³-hybridized carbons (Fsp3) is 0.700. The minimum absolute atomic E-state index is 0.119. The molecule has 1 unspecified atom stereocenters. The van der Waals surface area contributed by atoms with Gasteiger partial charge in [-0.05, 0) is 6.92 Å². The maximum Gasteiger partial charge on any atom is 0.411 e. The van der Waals surface area contributed by atoms with Gasteiger partial charge in [-0.3, -0.25) is 4.79 Å². The number of hydrogen-bond acceptors (Lipinski definition) is 3. The highest BCUT2D eigenvalue weighted by Crippen LogP contribution is 2.13. The van der Waals surface area contributed by atoms with Crippen molar-refractivity contribution >= 4 is 5.91 Å². The van der Waals surface area contributed by atoms with Crippen LogP contribution in [0.5, 0.6) is 0 Å². The molecule has 0 saturated carbocycles. The van der Waals surface area contributed by atoms with Crippen LogP contribution < -0.4 is 10.6 Å². The van der Waals surface area contributed by atoms with E-state index < -0.39 is 18.8 Å². The van der Waals surface area contributed by atoms with E-state index in [0.717, 1.165) is 0 Å². The van der Waals surface area contributed by atoms with Gasteiger partial charge in [0.15, 0.2) is 0 Å². The summed E-state index contributed by atoms with van der Waals surface area (Å²) in [6, 6.07) is -0.530. The lowest BCUT2D eigenvalue weighted by Gasteiger charge is -2.13. The molecule has 1 amide bonds. The Bertz CT molecular complexity index is 274. The third-order valence-electron chi connectivity index (χ3n) is 1.72. The minimum Gasteiger partial charge on any atom is -0.371 e. The number of amides is 1. The quantitative estimate of drug-likeness (QED) is 0.506. The van der Waals surface area contributed by atoms with Gasteiger partial charge in [-0.1, -0.05) is 5.92 Å². The predicted molar refractivity (Wildman–Crippen MR) is 56.2 cm³/mol. The summed E-state index contributed by atoms with van der Waals surface area (Å²) in [5, 5.41) is 5.14. The summed E-state index contributed by atoms with van der Waals surface area (Å²) in [7, 11) is 0. The standard InChI is InChI=1S/C10H15F3N2O2/c1-3-4-15-9(16)8(2)14-5-6-17-7-10(11,12)13/h1,8,14H,4-7H2,2H3,(H,15,16). The van der Waals surface area contributed by atoms with E-state index in [4.69, 9.17) is 6.42 Å². The molecule has 98 valence electrons. The van der Waals surface area contributed by atoms with Gasteiger partial charge < -0.3 is 15.4 Å². The number of hydrogen-bond donors (Lipinski definition) is 2. The maximum absolute atomic E-state index is 11.7. The van der Waals surface area contributed by atoms with E-state index >= 15 is 0 Å². The molecule has 0 saturated heterocycles. The number of carbonyl (C=O) groups excluding carboxylic acids is 1. The molecule has 0 bridgehead atoms. The molecule has 0 aromatic heterocycles. The van der Waals surface area contributed by atoms with Crippen molar-refractivity contribution in [2.75, 3.05) is 26.3 Å². The highest BCUT2D eigenvalue weighted by molar-refractivity contribution is 5.81. The van der Waals surface area contributed by atoms with Crippen molar-refractivity contribution in [3.05, 3.63) is 0 Å². The molecule has 0 aliphatic rings. The molecule has 0 heterocycles. The molecular weight excluding hydrogens is 237 g/mol. The number of terminal acetylenes is 1. The summed E-state index contributed by atoms with van der Waals surface area (Å²) in [6.07, 6.45) is 0.622. The largest absolute Gasteiger partial charge is 0.411 e. The van der Waals surface area contributed by atoms with Crippen LogP contribution in [-0.4, -0.2) is 44.4 Å². The third kappa shape index (κ3) is 9.66. The Morgan fingerprint density at radius 2 is 2.18 bits per heavy atom. The average Bonchev–Trinajstić information content (AvgIpc) is 2.23. The Balaban J connectivity index is 3.55. The van der Waals surface area contributed by atoms with Gasteiger partial charge in [0.1, 0.15) is 6.61 Å². The zero-order valence-electron chi connectivity index (χ0n) is 9.43. The smallest absolute Gasteiger partial charge is 0.371 e. The van der Waals surface area contributed by atoms with Gasteiger partial charge in [0.2, 0.25) is 5.91 Å². The molecule has 0 aromatic rings. The number of nitrogens with one attached hydrogen (secondary N) is 2. The monoisotopic (exact) mass is 252 g/mol. The van der Waals surface area contributed by atoms with Crippen LogP contribution >= 0.6 is 0 Å². The van der Waals surface area contributed by atoms with Crippen molar-refractivity contribution in [1.29, 1.82) is 0 Å². The van der Waals surface area contributed by atoms with Crippen molar-refractivity contribution < 1.29 is 22.7 Å². The lowest BCUT2D eigenvalue weighted by atomic mass is 10.3. The van der Waals surface area contributed by atoms with E-state index in [9.17, 15) is 18.0 Å². The molecule has 7 heteroatoms. The summed E-state index contributed by atoms with van der Waals surface area (Å²) in [5.41, 5.74) is 0. The molecule has 0 aliphatic carbocycles. The highest BCUT2D eigenvalue weighted by Gasteiger charge is 2.27. The summed E-state index contributed by atoms with van der Waals surface area (Å²) in [4.78, 5) is 11.2. The maximum atomic E-state index is 11.7. The van der Waals surface area contributed by atoms with E-state index in [1.807, 2.05) is 0 Å². The lowest BCUT2D eigenvalue weighted by Crippen LogP contribution is -2.43. The van der Waals surface area contributed by atoms with E-state index in [-0.39, 0.29) is 25.6 Å². The first-order valence-electron chi connectivity index (χ1n) is 4.96. The predicted octanol–water partition coefficient (Wildman–Crippen LogP) is 0.293. The topological polar surface area (TPSA) is 50.4 Å². The van der Waals surface area contributed by atoms with E-state index in [1.54, 1.807) is 6.92 Å². The number of carbonyl (C=O) groups is 1. The number of alkyl halides is 3. The van der Waals surface area contributed by atoms with Crippen LogP contribution in [0.15, 0.2) is 0 Å². The molecule has 0 fully saturated rings. The second-order valence-corrected chi connectivity index (χ2v) is 3.27. The van der Waals surface area contributed by atoms with Gasteiger partial charge in [-0.15, -0.1) is 6.42 Å². The van der Waals surface area contributed by atoms with Crippen molar-refractivity contribution in [2.24, 2.45) is 0 Å². The molecule has 0 spiro atoms. The van der Waals surface area contributed by atoms with E-state index in [2.05, 4.69) is 21.3 Å². The van der Waals surface area contributed by atoms with Crippen LogP contribution in [0.25, 0.3) is 0 Å². The molecule has 0 radical (unpaired) electrons. The van der Waals surface area contributed by atoms with Gasteiger partial charge in [0.25, 0.3) is 0 Å². The molecule has 1 atom stereocenters. The van der Waals surface area contributed by atoms with Gasteiger partial charge in [0, 0.05) is 6.54 Å². The number of halogens is 3. The van der Waals surface area contributed by atoms with Crippen LogP contribution in [-0.2, 0) is 9.53 Å². The van der Waals surface area contributed by atoms with Crippen LogP contribution in [0.1, 0.15) is 6.92 Å². The first-order chi connectivity index (χ1) is 7.87. The Morgan fingerprint density at radius 3 is 2.71 bits per heavy atom. The second kappa shape index (κ2) is 7.92. The van der Waals surface area contributed by atoms with Crippen molar-refractivity contribution in [3.63, 3.8) is 0 Å². The Morgan fingerprint density at radius 1 is 1.53 bits per heavy atom. The van der Waals surface area contributed by atoms with Crippen molar-refractivity contribution in [3.8, 4) is 12.3 Å². The first-order valence-corrected chi connectivity index (χ1v) is 4.96. The Labute approximate surface area is 97.9 Å². The summed E-state index contributed by atoms with van der Waals surface area (Å²) < 4.78 is 39.4. The van der Waals surface area contributed by atoms with Crippen molar-refractivity contribution in [2.45, 2.75) is 19.1 Å². The fourth-order valence-electron chi connectivity index (χ4n) is 0.919. The molecule has 0 aliphatic heterocycles. The highest BCUT2D eigenvalue weighted by atomic mass is 19.4. The molecular formula is C10H15F3N2O2. The normalized spacial score (nSPS) is 12.9. The van der Waals surface area contributed by atoms with Gasteiger partial charge >= 0.3 is 6.18 Å². The molecule has 4 nitrogen and oxygen atoms in total. The van der Waals surface area contributed by atoms with Gasteiger partial charge in [-0.25, -0.2) is 0 Å². The summed E-state index contributed by atoms with van der Waals surface area (Å²) in [6.45, 7) is 0.449. The SMILES string of the molecule is C#CCNC(=O)C(C)NCCOCC(F)(F)F.